The number of hydrogen-bond donors (Lipinski definition) is 2. The molecule has 136 valence electrons. The molecule has 26 heavy (non-hydrogen) atoms. The number of aromatic hydroxyl groups is 1. The van der Waals surface area contributed by atoms with E-state index >= 15 is 0 Å². The number of fused-ring (bicyclic) bond motifs is 1. The molecule has 1 heterocycles. The van der Waals surface area contributed by atoms with Crippen LogP contribution in [0.15, 0.2) is 34.7 Å². The topological polar surface area (TPSA) is 89.1 Å². The average Bonchev–Trinajstić information content (AvgIpc) is 3.04. The molecule has 0 aliphatic heterocycles. The minimum Gasteiger partial charge on any atom is -0.504 e. The van der Waals surface area contributed by atoms with Crippen molar-refractivity contribution in [3.63, 3.8) is 0 Å². The lowest BCUT2D eigenvalue weighted by Crippen LogP contribution is -1.93. The molecule has 0 spiro atoms. The summed E-state index contributed by atoms with van der Waals surface area (Å²) in [5.74, 6) is 1.21. The van der Waals surface area contributed by atoms with Crippen LogP contribution < -0.4 is 9.47 Å². The molecule has 6 heteroatoms. The van der Waals surface area contributed by atoms with Crippen LogP contribution in [-0.4, -0.2) is 37.3 Å². The predicted molar refractivity (Wildman–Crippen MR) is 97.2 cm³/mol. The Morgan fingerprint density at radius 3 is 2.54 bits per heavy atom. The second-order valence-corrected chi connectivity index (χ2v) is 5.85. The van der Waals surface area contributed by atoms with E-state index in [0.717, 1.165) is 11.8 Å². The van der Waals surface area contributed by atoms with Crippen LogP contribution in [0.2, 0.25) is 0 Å². The van der Waals surface area contributed by atoms with E-state index in [0.29, 0.717) is 46.4 Å². The van der Waals surface area contributed by atoms with Crippen molar-refractivity contribution in [3.05, 3.63) is 41.5 Å². The fourth-order valence-corrected chi connectivity index (χ4v) is 3.00. The Morgan fingerprint density at radius 2 is 1.88 bits per heavy atom. The Morgan fingerprint density at radius 1 is 1.12 bits per heavy atom. The SMILES string of the molecule is COc1cc(-c2oc3cc(CCCO)cc(OC)c3c2C=O)ccc1O. The molecular formula is C20H20O6. The number of carbonyl (C=O) groups is 1. The van der Waals surface area contributed by atoms with Gasteiger partial charge in [-0.15, -0.1) is 0 Å². The van der Waals surface area contributed by atoms with Gasteiger partial charge in [0.15, 0.2) is 17.8 Å². The van der Waals surface area contributed by atoms with Gasteiger partial charge in [-0.1, -0.05) is 0 Å². The predicted octanol–water partition coefficient (Wildman–Crippen LogP) is 3.56. The van der Waals surface area contributed by atoms with Crippen LogP contribution in [0.4, 0.5) is 0 Å². The quantitative estimate of drug-likeness (QED) is 0.629. The third-order valence-corrected chi connectivity index (χ3v) is 4.26. The van der Waals surface area contributed by atoms with E-state index in [1.165, 1.54) is 20.3 Å². The first-order valence-electron chi connectivity index (χ1n) is 8.19. The second-order valence-electron chi connectivity index (χ2n) is 5.85. The molecule has 0 aliphatic carbocycles. The van der Waals surface area contributed by atoms with Gasteiger partial charge in [-0.25, -0.2) is 0 Å². The summed E-state index contributed by atoms with van der Waals surface area (Å²) in [6.07, 6.45) is 2.02. The van der Waals surface area contributed by atoms with Gasteiger partial charge in [0.1, 0.15) is 17.1 Å². The molecule has 0 unspecified atom stereocenters. The smallest absolute Gasteiger partial charge is 0.161 e. The van der Waals surface area contributed by atoms with Crippen LogP contribution in [0.1, 0.15) is 22.3 Å². The number of benzene rings is 2. The van der Waals surface area contributed by atoms with Gasteiger partial charge in [0.05, 0.1) is 25.2 Å². The van der Waals surface area contributed by atoms with Crippen LogP contribution in [0.3, 0.4) is 0 Å². The standard InChI is InChI=1S/C20H20O6/c1-24-16-10-13(5-6-15(16)23)20-14(11-22)19-17(25-2)8-12(4-3-7-21)9-18(19)26-20/h5-6,8-11,21,23H,3-4,7H2,1-2H3. The van der Waals surface area contributed by atoms with E-state index in [-0.39, 0.29) is 18.1 Å². The summed E-state index contributed by atoms with van der Waals surface area (Å²) >= 11 is 0. The van der Waals surface area contributed by atoms with Gasteiger partial charge in [-0.3, -0.25) is 4.79 Å². The molecule has 2 aromatic carbocycles. The van der Waals surface area contributed by atoms with Crippen molar-refractivity contribution in [2.45, 2.75) is 12.8 Å². The molecule has 0 saturated carbocycles. The molecule has 0 fully saturated rings. The zero-order valence-electron chi connectivity index (χ0n) is 14.6. The largest absolute Gasteiger partial charge is 0.504 e. The lowest BCUT2D eigenvalue weighted by Gasteiger charge is -2.06. The fraction of sp³-hybridized carbons (Fsp3) is 0.250. The maximum Gasteiger partial charge on any atom is 0.161 e. The van der Waals surface area contributed by atoms with Gasteiger partial charge in [0.2, 0.25) is 0 Å². The van der Waals surface area contributed by atoms with Crippen LogP contribution >= 0.6 is 0 Å². The number of aldehydes is 1. The molecule has 3 aromatic rings. The number of phenolic OH excluding ortho intramolecular Hbond substituents is 1. The lowest BCUT2D eigenvalue weighted by atomic mass is 10.0. The molecule has 0 aliphatic rings. The maximum absolute atomic E-state index is 11.8. The summed E-state index contributed by atoms with van der Waals surface area (Å²) in [6.45, 7) is 0.0939. The van der Waals surface area contributed by atoms with E-state index in [9.17, 15) is 9.90 Å². The third kappa shape index (κ3) is 3.11. The minimum absolute atomic E-state index is 0.00360. The van der Waals surface area contributed by atoms with Crippen LogP contribution in [-0.2, 0) is 6.42 Å². The van der Waals surface area contributed by atoms with Crippen molar-refractivity contribution in [1.82, 2.24) is 0 Å². The number of aliphatic hydroxyl groups excluding tert-OH is 1. The number of ether oxygens (including phenoxy) is 2. The summed E-state index contributed by atoms with van der Waals surface area (Å²) in [5, 5.41) is 19.4. The highest BCUT2D eigenvalue weighted by Gasteiger charge is 2.21. The highest BCUT2D eigenvalue weighted by atomic mass is 16.5. The molecule has 2 N–H and O–H groups in total. The number of rotatable bonds is 7. The summed E-state index contributed by atoms with van der Waals surface area (Å²) in [6, 6.07) is 8.45. The van der Waals surface area contributed by atoms with E-state index < -0.39 is 0 Å². The number of furan rings is 1. The van der Waals surface area contributed by atoms with Crippen molar-refractivity contribution >= 4 is 17.3 Å². The highest BCUT2D eigenvalue weighted by Crippen LogP contribution is 2.40. The highest BCUT2D eigenvalue weighted by molar-refractivity contribution is 6.05. The maximum atomic E-state index is 11.8. The summed E-state index contributed by atoms with van der Waals surface area (Å²) in [5.41, 5.74) is 2.46. The third-order valence-electron chi connectivity index (χ3n) is 4.26. The summed E-state index contributed by atoms with van der Waals surface area (Å²) in [7, 11) is 2.99. The zero-order chi connectivity index (χ0) is 18.7. The number of phenols is 1. The number of aryl methyl sites for hydroxylation is 1. The lowest BCUT2D eigenvalue weighted by molar-refractivity contribution is 0.112. The minimum atomic E-state index is 0.00360. The molecule has 1 aromatic heterocycles. The van der Waals surface area contributed by atoms with E-state index in [1.54, 1.807) is 12.1 Å². The monoisotopic (exact) mass is 356 g/mol. The first kappa shape index (κ1) is 17.8. The molecular weight excluding hydrogens is 336 g/mol. The summed E-state index contributed by atoms with van der Waals surface area (Å²) in [4.78, 5) is 11.8. The van der Waals surface area contributed by atoms with Gasteiger partial charge < -0.3 is 24.1 Å². The first-order valence-corrected chi connectivity index (χ1v) is 8.19. The van der Waals surface area contributed by atoms with Crippen molar-refractivity contribution in [1.29, 1.82) is 0 Å². The van der Waals surface area contributed by atoms with E-state index in [4.69, 9.17) is 19.0 Å². The number of aliphatic hydroxyl groups is 1. The number of carbonyl (C=O) groups excluding carboxylic acids is 1. The molecule has 0 bridgehead atoms. The summed E-state index contributed by atoms with van der Waals surface area (Å²) < 4.78 is 16.6. The average molecular weight is 356 g/mol. The molecule has 0 atom stereocenters. The first-order chi connectivity index (χ1) is 12.6. The van der Waals surface area contributed by atoms with Gasteiger partial charge in [0.25, 0.3) is 0 Å². The van der Waals surface area contributed by atoms with E-state index in [2.05, 4.69) is 0 Å². The van der Waals surface area contributed by atoms with E-state index in [1.807, 2.05) is 12.1 Å². The second kappa shape index (κ2) is 7.49. The van der Waals surface area contributed by atoms with Crippen molar-refractivity contribution in [2.75, 3.05) is 20.8 Å². The molecule has 0 saturated heterocycles. The zero-order valence-corrected chi connectivity index (χ0v) is 14.6. The Balaban J connectivity index is 2.21. The molecule has 0 amide bonds. The molecule has 6 nitrogen and oxygen atoms in total. The Hall–Kier alpha value is -2.99. The fourth-order valence-electron chi connectivity index (χ4n) is 3.00. The van der Waals surface area contributed by atoms with Gasteiger partial charge >= 0.3 is 0 Å². The van der Waals surface area contributed by atoms with Crippen molar-refractivity contribution in [2.24, 2.45) is 0 Å². The van der Waals surface area contributed by atoms with Gasteiger partial charge in [-0.2, -0.15) is 0 Å². The van der Waals surface area contributed by atoms with Gasteiger partial charge in [0, 0.05) is 12.2 Å². The Bertz CT molecular complexity index is 941. The Labute approximate surface area is 150 Å². The van der Waals surface area contributed by atoms with Crippen molar-refractivity contribution < 1.29 is 28.9 Å². The Kier molecular flexibility index (Phi) is 5.14. The molecule has 3 rings (SSSR count). The molecule has 0 radical (unpaired) electrons. The van der Waals surface area contributed by atoms with Crippen molar-refractivity contribution in [3.8, 4) is 28.6 Å². The van der Waals surface area contributed by atoms with Crippen LogP contribution in [0, 0.1) is 0 Å². The van der Waals surface area contributed by atoms with Crippen LogP contribution in [0.5, 0.6) is 17.2 Å². The number of methoxy groups -OCH3 is 2. The normalized spacial score (nSPS) is 10.9. The number of hydrogen-bond acceptors (Lipinski definition) is 6. The van der Waals surface area contributed by atoms with Gasteiger partial charge in [-0.05, 0) is 48.7 Å². The van der Waals surface area contributed by atoms with Crippen LogP contribution in [0.25, 0.3) is 22.3 Å².